The van der Waals surface area contributed by atoms with E-state index in [0.717, 1.165) is 10.4 Å². The summed E-state index contributed by atoms with van der Waals surface area (Å²) in [5.74, 6) is -0.435. The Morgan fingerprint density at radius 3 is 2.73 bits per heavy atom. The molecule has 0 amide bonds. The number of allylic oxidation sites excluding steroid dienone is 2. The molecule has 7 heteroatoms. The monoisotopic (exact) mass is 436 g/mol. The number of hydrogen-bond donors (Lipinski definition) is 0. The minimum absolute atomic E-state index is 0.163. The van der Waals surface area contributed by atoms with Crippen LogP contribution in [0.5, 0.6) is 0 Å². The zero-order valence-electron chi connectivity index (χ0n) is 16.6. The summed E-state index contributed by atoms with van der Waals surface area (Å²) in [5, 5.41) is 1.94. The molecule has 0 saturated carbocycles. The second-order valence-electron chi connectivity index (χ2n) is 6.61. The van der Waals surface area contributed by atoms with Crippen molar-refractivity contribution in [2.75, 3.05) is 6.61 Å². The van der Waals surface area contributed by atoms with Gasteiger partial charge in [0.1, 0.15) is 6.04 Å². The Balaban J connectivity index is 1.83. The SMILES string of the molecule is CCOC(=O)C1=C(C)N=c2s/c(=C/C=C/c3ccccc3)c(=O)n2[C@H]1c1cccs1. The normalized spacial score (nSPS) is 16.6. The van der Waals surface area contributed by atoms with E-state index in [1.165, 1.54) is 22.7 Å². The zero-order chi connectivity index (χ0) is 21.1. The largest absolute Gasteiger partial charge is 0.463 e. The average Bonchev–Trinajstić information content (AvgIpc) is 3.37. The Kier molecular flexibility index (Phi) is 5.92. The average molecular weight is 437 g/mol. The van der Waals surface area contributed by atoms with Gasteiger partial charge in [-0.3, -0.25) is 9.36 Å². The van der Waals surface area contributed by atoms with Crippen LogP contribution in [-0.4, -0.2) is 17.1 Å². The molecule has 1 aliphatic heterocycles. The molecule has 0 unspecified atom stereocenters. The highest BCUT2D eigenvalue weighted by molar-refractivity contribution is 7.10. The molecular weight excluding hydrogens is 416 g/mol. The highest BCUT2D eigenvalue weighted by atomic mass is 32.1. The van der Waals surface area contributed by atoms with E-state index >= 15 is 0 Å². The molecule has 4 rings (SSSR count). The summed E-state index contributed by atoms with van der Waals surface area (Å²) >= 11 is 2.83. The number of rotatable bonds is 5. The second kappa shape index (κ2) is 8.77. The van der Waals surface area contributed by atoms with Crippen LogP contribution in [-0.2, 0) is 9.53 Å². The van der Waals surface area contributed by atoms with Crippen LogP contribution in [0.2, 0.25) is 0 Å². The van der Waals surface area contributed by atoms with E-state index in [1.54, 1.807) is 24.5 Å². The number of benzene rings is 1. The van der Waals surface area contributed by atoms with Crippen LogP contribution in [0, 0.1) is 0 Å². The number of thiazole rings is 1. The molecule has 3 heterocycles. The van der Waals surface area contributed by atoms with Gasteiger partial charge in [0.25, 0.3) is 5.56 Å². The number of thiophene rings is 1. The molecule has 152 valence electrons. The first kappa shape index (κ1) is 20.3. The molecule has 1 aromatic carbocycles. The van der Waals surface area contributed by atoms with Crippen LogP contribution in [0.25, 0.3) is 12.2 Å². The smallest absolute Gasteiger partial charge is 0.338 e. The number of fused-ring (bicyclic) bond motifs is 1. The summed E-state index contributed by atoms with van der Waals surface area (Å²) < 4.78 is 7.45. The van der Waals surface area contributed by atoms with Crippen molar-refractivity contribution < 1.29 is 9.53 Å². The van der Waals surface area contributed by atoms with Gasteiger partial charge in [-0.1, -0.05) is 59.9 Å². The lowest BCUT2D eigenvalue weighted by molar-refractivity contribution is -0.139. The topological polar surface area (TPSA) is 60.7 Å². The van der Waals surface area contributed by atoms with Gasteiger partial charge in [0.15, 0.2) is 4.80 Å². The number of nitrogens with zero attached hydrogens (tertiary/aromatic N) is 2. The standard InChI is InChI=1S/C23H20N2O3S2/c1-3-28-22(27)19-15(2)24-23-25(20(19)17-13-8-14-29-17)21(26)18(30-23)12-7-11-16-9-5-4-6-10-16/h4-14,20H,3H2,1-2H3/b11-7+,18-12+/t20-/m0/s1. The maximum absolute atomic E-state index is 13.3. The first-order chi connectivity index (χ1) is 14.6. The number of carbonyl (C=O) groups is 1. The lowest BCUT2D eigenvalue weighted by Gasteiger charge is -2.23. The van der Waals surface area contributed by atoms with Crippen LogP contribution in [0.3, 0.4) is 0 Å². The maximum Gasteiger partial charge on any atom is 0.338 e. The van der Waals surface area contributed by atoms with Crippen molar-refractivity contribution in [2.45, 2.75) is 19.9 Å². The minimum atomic E-state index is -0.527. The molecular formula is C23H20N2O3S2. The quantitative estimate of drug-likeness (QED) is 0.575. The fourth-order valence-corrected chi connectivity index (χ4v) is 5.15. The van der Waals surface area contributed by atoms with Gasteiger partial charge in [0.05, 0.1) is 22.4 Å². The van der Waals surface area contributed by atoms with E-state index in [1.807, 2.05) is 60.0 Å². The van der Waals surface area contributed by atoms with Crippen molar-refractivity contribution in [3.05, 3.63) is 95.3 Å². The van der Waals surface area contributed by atoms with Gasteiger partial charge in [-0.15, -0.1) is 11.3 Å². The molecule has 0 aliphatic carbocycles. The number of carbonyl (C=O) groups excluding carboxylic acids is 1. The third kappa shape index (κ3) is 3.86. The van der Waals surface area contributed by atoms with Crippen molar-refractivity contribution >= 4 is 40.8 Å². The fraction of sp³-hybridized carbons (Fsp3) is 0.174. The molecule has 0 N–H and O–H groups in total. The second-order valence-corrected chi connectivity index (χ2v) is 8.60. The molecule has 0 bridgehead atoms. The molecule has 0 radical (unpaired) electrons. The van der Waals surface area contributed by atoms with E-state index < -0.39 is 12.0 Å². The van der Waals surface area contributed by atoms with Gasteiger partial charge in [-0.2, -0.15) is 0 Å². The highest BCUT2D eigenvalue weighted by Crippen LogP contribution is 2.33. The van der Waals surface area contributed by atoms with Gasteiger partial charge in [-0.05, 0) is 36.9 Å². The predicted molar refractivity (Wildman–Crippen MR) is 121 cm³/mol. The van der Waals surface area contributed by atoms with Gasteiger partial charge in [0, 0.05) is 4.88 Å². The molecule has 5 nitrogen and oxygen atoms in total. The van der Waals surface area contributed by atoms with Crippen molar-refractivity contribution in [3.63, 3.8) is 0 Å². The van der Waals surface area contributed by atoms with E-state index in [9.17, 15) is 9.59 Å². The summed E-state index contributed by atoms with van der Waals surface area (Å²) in [6, 6.07) is 13.2. The van der Waals surface area contributed by atoms with Gasteiger partial charge < -0.3 is 4.74 Å². The summed E-state index contributed by atoms with van der Waals surface area (Å²) in [5.41, 5.74) is 1.89. The molecule has 0 saturated heterocycles. The minimum Gasteiger partial charge on any atom is -0.463 e. The molecule has 3 aromatic rings. The molecule has 2 aromatic heterocycles. The zero-order valence-corrected chi connectivity index (χ0v) is 18.2. The first-order valence-electron chi connectivity index (χ1n) is 9.55. The van der Waals surface area contributed by atoms with Gasteiger partial charge in [-0.25, -0.2) is 9.79 Å². The fourth-order valence-electron chi connectivity index (χ4n) is 3.33. The summed E-state index contributed by atoms with van der Waals surface area (Å²) in [6.07, 6.45) is 5.61. The Bertz CT molecular complexity index is 1300. The third-order valence-corrected chi connectivity index (χ3v) is 6.59. The third-order valence-electron chi connectivity index (χ3n) is 4.67. The molecule has 0 fully saturated rings. The maximum atomic E-state index is 13.3. The Labute approximate surface area is 181 Å². The Hall–Kier alpha value is -3.03. The number of hydrogen-bond acceptors (Lipinski definition) is 6. The molecule has 1 aliphatic rings. The van der Waals surface area contributed by atoms with Crippen LogP contribution in [0.15, 0.2) is 75.0 Å². The van der Waals surface area contributed by atoms with Crippen molar-refractivity contribution in [3.8, 4) is 0 Å². The number of aromatic nitrogens is 1. The van der Waals surface area contributed by atoms with Gasteiger partial charge >= 0.3 is 5.97 Å². The number of ether oxygens (including phenoxy) is 1. The Morgan fingerprint density at radius 1 is 1.23 bits per heavy atom. The summed E-state index contributed by atoms with van der Waals surface area (Å²) in [7, 11) is 0. The summed E-state index contributed by atoms with van der Waals surface area (Å²) in [6.45, 7) is 3.82. The van der Waals surface area contributed by atoms with Crippen molar-refractivity contribution in [2.24, 2.45) is 4.99 Å². The highest BCUT2D eigenvalue weighted by Gasteiger charge is 2.33. The molecule has 30 heavy (non-hydrogen) atoms. The molecule has 0 spiro atoms. The van der Waals surface area contributed by atoms with E-state index in [0.29, 0.717) is 20.6 Å². The van der Waals surface area contributed by atoms with E-state index in [-0.39, 0.29) is 12.2 Å². The van der Waals surface area contributed by atoms with Crippen LogP contribution in [0.1, 0.15) is 30.3 Å². The predicted octanol–water partition coefficient (Wildman–Crippen LogP) is 3.52. The number of esters is 1. The van der Waals surface area contributed by atoms with Crippen molar-refractivity contribution in [1.82, 2.24) is 4.57 Å². The van der Waals surface area contributed by atoms with Crippen molar-refractivity contribution in [1.29, 1.82) is 0 Å². The van der Waals surface area contributed by atoms with E-state index in [2.05, 4.69) is 4.99 Å². The lowest BCUT2D eigenvalue weighted by atomic mass is 10.0. The van der Waals surface area contributed by atoms with Crippen LogP contribution in [0.4, 0.5) is 0 Å². The van der Waals surface area contributed by atoms with E-state index in [4.69, 9.17) is 4.74 Å². The Morgan fingerprint density at radius 2 is 2.03 bits per heavy atom. The van der Waals surface area contributed by atoms with Gasteiger partial charge in [0.2, 0.25) is 0 Å². The first-order valence-corrected chi connectivity index (χ1v) is 11.2. The lowest BCUT2D eigenvalue weighted by Crippen LogP contribution is -2.39. The molecule has 1 atom stereocenters. The van der Waals surface area contributed by atoms with Crippen LogP contribution < -0.4 is 14.9 Å². The summed E-state index contributed by atoms with van der Waals surface area (Å²) in [4.78, 5) is 32.0. The van der Waals surface area contributed by atoms with Crippen LogP contribution >= 0.6 is 22.7 Å².